The van der Waals surface area contributed by atoms with E-state index in [2.05, 4.69) is 45.0 Å². The Morgan fingerprint density at radius 1 is 0.946 bits per heavy atom. The fourth-order valence-corrected chi connectivity index (χ4v) is 8.78. The molecule has 3 heteroatoms. The molecule has 0 saturated heterocycles. The van der Waals surface area contributed by atoms with E-state index in [1.807, 2.05) is 0 Å². The molecule has 208 valence electrons. The summed E-state index contributed by atoms with van der Waals surface area (Å²) in [4.78, 5) is 11.8. The van der Waals surface area contributed by atoms with Crippen LogP contribution in [0.4, 0.5) is 4.39 Å². The van der Waals surface area contributed by atoms with Crippen molar-refractivity contribution in [2.45, 2.75) is 141 Å². The minimum Gasteiger partial charge on any atom is -0.481 e. The van der Waals surface area contributed by atoms with Crippen molar-refractivity contribution in [3.63, 3.8) is 0 Å². The molecule has 0 aromatic heterocycles. The maximum atomic E-state index is 15.7. The Balaban J connectivity index is 1.60. The summed E-state index contributed by atoms with van der Waals surface area (Å²) in [6.07, 6.45) is 17.2. The molecule has 3 fully saturated rings. The third-order valence-corrected chi connectivity index (χ3v) is 11.1. The van der Waals surface area contributed by atoms with Crippen molar-refractivity contribution in [3.8, 4) is 0 Å². The van der Waals surface area contributed by atoms with E-state index in [0.29, 0.717) is 30.6 Å². The van der Waals surface area contributed by atoms with Crippen molar-refractivity contribution < 1.29 is 14.3 Å². The largest absolute Gasteiger partial charge is 0.481 e. The van der Waals surface area contributed by atoms with E-state index in [4.69, 9.17) is 0 Å². The van der Waals surface area contributed by atoms with Crippen LogP contribution in [0.3, 0.4) is 0 Å². The normalized spacial score (nSPS) is 35.7. The first-order valence-electron chi connectivity index (χ1n) is 15.9. The van der Waals surface area contributed by atoms with E-state index >= 15 is 4.39 Å². The number of carboxylic acids is 1. The van der Waals surface area contributed by atoms with E-state index in [-0.39, 0.29) is 5.41 Å². The van der Waals surface area contributed by atoms with E-state index in [1.54, 1.807) is 0 Å². The van der Waals surface area contributed by atoms with E-state index < -0.39 is 18.1 Å². The first kappa shape index (κ1) is 28.6. The van der Waals surface area contributed by atoms with Gasteiger partial charge in [-0.05, 0) is 85.7 Å². The topological polar surface area (TPSA) is 37.3 Å². The van der Waals surface area contributed by atoms with Crippen LogP contribution in [0.25, 0.3) is 0 Å². The number of unbranched alkanes of at least 4 members (excludes halogenated alkanes) is 1. The van der Waals surface area contributed by atoms with Gasteiger partial charge in [-0.25, -0.2) is 4.39 Å². The molecule has 2 nitrogen and oxygen atoms in total. The molecule has 37 heavy (non-hydrogen) atoms. The second-order valence-corrected chi connectivity index (χ2v) is 13.2. The maximum absolute atomic E-state index is 15.7. The Morgan fingerprint density at radius 2 is 1.59 bits per heavy atom. The second kappa shape index (κ2) is 13.1. The second-order valence-electron chi connectivity index (χ2n) is 13.2. The summed E-state index contributed by atoms with van der Waals surface area (Å²) in [6.45, 7) is 7.00. The molecule has 0 amide bonds. The van der Waals surface area contributed by atoms with Gasteiger partial charge < -0.3 is 5.11 Å². The van der Waals surface area contributed by atoms with Gasteiger partial charge in [0, 0.05) is 5.41 Å². The predicted molar refractivity (Wildman–Crippen MR) is 152 cm³/mol. The molecule has 3 aliphatic carbocycles. The van der Waals surface area contributed by atoms with Crippen molar-refractivity contribution in [2.75, 3.05) is 0 Å². The van der Waals surface area contributed by atoms with Gasteiger partial charge in [0.15, 0.2) is 0 Å². The predicted octanol–water partition coefficient (Wildman–Crippen LogP) is 9.85. The Bertz CT molecular complexity index is 851. The summed E-state index contributed by atoms with van der Waals surface area (Å²) in [7, 11) is 0. The number of carbonyl (C=O) groups is 1. The van der Waals surface area contributed by atoms with Crippen LogP contribution >= 0.6 is 0 Å². The smallest absolute Gasteiger partial charge is 0.309 e. The summed E-state index contributed by atoms with van der Waals surface area (Å²) < 4.78 is 15.7. The van der Waals surface area contributed by atoms with Gasteiger partial charge in [0.1, 0.15) is 6.17 Å². The highest BCUT2D eigenvalue weighted by molar-refractivity contribution is 5.71. The molecule has 3 saturated carbocycles. The monoisotopic (exact) mass is 512 g/mol. The number of hydrogen-bond donors (Lipinski definition) is 1. The SMILES string of the molecule is CCCCC1CCC(C(C)c2ccccc2C2(C3CCC(CCC)CC3)CCC(C(=O)O)C(F)C2)CC1. The molecule has 1 aromatic rings. The van der Waals surface area contributed by atoms with Crippen molar-refractivity contribution in [1.82, 2.24) is 0 Å². The fraction of sp³-hybridized carbons (Fsp3) is 0.794. The molecule has 0 aliphatic heterocycles. The number of aliphatic carboxylic acids is 1. The molecule has 0 radical (unpaired) electrons. The van der Waals surface area contributed by atoms with Gasteiger partial charge in [0.2, 0.25) is 0 Å². The molecule has 0 bridgehead atoms. The molecule has 4 unspecified atom stereocenters. The highest BCUT2D eigenvalue weighted by atomic mass is 19.1. The zero-order valence-corrected chi connectivity index (χ0v) is 23.9. The van der Waals surface area contributed by atoms with E-state index in [0.717, 1.165) is 18.3 Å². The quantitative estimate of drug-likeness (QED) is 0.339. The summed E-state index contributed by atoms with van der Waals surface area (Å²) in [5.74, 6) is 1.57. The van der Waals surface area contributed by atoms with Gasteiger partial charge in [0.25, 0.3) is 0 Å². The fourth-order valence-electron chi connectivity index (χ4n) is 8.78. The first-order valence-corrected chi connectivity index (χ1v) is 15.9. The Kier molecular flexibility index (Phi) is 10.1. The lowest BCUT2D eigenvalue weighted by Crippen LogP contribution is -2.47. The lowest BCUT2D eigenvalue weighted by molar-refractivity contribution is -0.146. The average molecular weight is 513 g/mol. The Morgan fingerprint density at radius 3 is 2.22 bits per heavy atom. The molecule has 3 aliphatic rings. The van der Waals surface area contributed by atoms with Crippen molar-refractivity contribution >= 4 is 5.97 Å². The number of halogens is 1. The zero-order valence-electron chi connectivity index (χ0n) is 23.9. The van der Waals surface area contributed by atoms with Gasteiger partial charge in [-0.15, -0.1) is 0 Å². The zero-order chi connectivity index (χ0) is 26.4. The molecule has 0 spiro atoms. The summed E-state index contributed by atoms with van der Waals surface area (Å²) in [6, 6.07) is 8.99. The van der Waals surface area contributed by atoms with Crippen LogP contribution in [0.1, 0.15) is 141 Å². The molecule has 4 rings (SSSR count). The molecule has 1 aromatic carbocycles. The van der Waals surface area contributed by atoms with Gasteiger partial charge in [-0.2, -0.15) is 0 Å². The van der Waals surface area contributed by atoms with Crippen molar-refractivity contribution in [2.24, 2.45) is 29.6 Å². The first-order chi connectivity index (χ1) is 17.9. The minimum absolute atomic E-state index is 0.217. The summed E-state index contributed by atoms with van der Waals surface area (Å²) in [5, 5.41) is 9.70. The summed E-state index contributed by atoms with van der Waals surface area (Å²) in [5.41, 5.74) is 2.60. The van der Waals surface area contributed by atoms with Crippen LogP contribution < -0.4 is 0 Å². The van der Waals surface area contributed by atoms with Gasteiger partial charge in [-0.3, -0.25) is 4.79 Å². The lowest BCUT2D eigenvalue weighted by Gasteiger charge is -2.50. The van der Waals surface area contributed by atoms with Crippen LogP contribution in [0, 0.1) is 29.6 Å². The van der Waals surface area contributed by atoms with E-state index in [9.17, 15) is 9.90 Å². The molecular weight excluding hydrogens is 459 g/mol. The standard InChI is InChI=1S/C34H53FO2/c1-4-6-10-26-13-17-27(18-14-26)24(3)29-11-7-8-12-31(29)34(22-21-30(33(36)37)32(35)23-34)28-19-15-25(9-5-2)16-20-28/h7-8,11-12,24-28,30,32H,4-6,9-10,13-23H2,1-3H3,(H,36,37). The minimum atomic E-state index is -1.25. The lowest BCUT2D eigenvalue weighted by atomic mass is 9.54. The van der Waals surface area contributed by atoms with E-state index in [1.165, 1.54) is 94.6 Å². The highest BCUT2D eigenvalue weighted by Gasteiger charge is 2.50. The van der Waals surface area contributed by atoms with Crippen LogP contribution in [0.5, 0.6) is 0 Å². The van der Waals surface area contributed by atoms with Gasteiger partial charge in [0.05, 0.1) is 5.92 Å². The third kappa shape index (κ3) is 6.44. The third-order valence-electron chi connectivity index (χ3n) is 11.1. The van der Waals surface area contributed by atoms with Crippen LogP contribution in [0.15, 0.2) is 24.3 Å². The number of rotatable bonds is 10. The van der Waals surface area contributed by atoms with Crippen molar-refractivity contribution in [3.05, 3.63) is 35.4 Å². The Labute approximate surface area is 226 Å². The number of alkyl halides is 1. The summed E-state index contributed by atoms with van der Waals surface area (Å²) >= 11 is 0. The Hall–Kier alpha value is -1.38. The molecule has 4 atom stereocenters. The number of hydrogen-bond acceptors (Lipinski definition) is 1. The van der Waals surface area contributed by atoms with Gasteiger partial charge in [-0.1, -0.05) is 103 Å². The highest BCUT2D eigenvalue weighted by Crippen LogP contribution is 2.55. The average Bonchev–Trinajstić information content (AvgIpc) is 2.92. The number of carboxylic acid groups (broad SMARTS) is 1. The number of benzene rings is 1. The molecule has 0 heterocycles. The van der Waals surface area contributed by atoms with Crippen LogP contribution in [0.2, 0.25) is 0 Å². The molecular formula is C34H53FO2. The molecule has 1 N–H and O–H groups in total. The maximum Gasteiger partial charge on any atom is 0.309 e. The van der Waals surface area contributed by atoms with Crippen LogP contribution in [-0.4, -0.2) is 17.2 Å². The van der Waals surface area contributed by atoms with Crippen LogP contribution in [-0.2, 0) is 10.2 Å². The van der Waals surface area contributed by atoms with Gasteiger partial charge >= 0.3 is 5.97 Å². The van der Waals surface area contributed by atoms with Crippen molar-refractivity contribution in [1.29, 1.82) is 0 Å².